The number of ketones is 2. The van der Waals surface area contributed by atoms with Gasteiger partial charge in [0.15, 0.2) is 11.5 Å². The van der Waals surface area contributed by atoms with Gasteiger partial charge in [-0.3, -0.25) is 9.59 Å². The fourth-order valence-electron chi connectivity index (χ4n) is 1.47. The van der Waals surface area contributed by atoms with E-state index in [2.05, 4.69) is 15.9 Å². The number of methoxy groups -OCH3 is 1. The Kier molecular flexibility index (Phi) is 2.44. The van der Waals surface area contributed by atoms with Crippen LogP contribution in [0.5, 0.6) is 0 Å². The zero-order valence-electron chi connectivity index (χ0n) is 7.91. The third-order valence-electron chi connectivity index (χ3n) is 2.20. The number of carbonyl (C=O) groups is 2. The lowest BCUT2D eigenvalue weighted by molar-refractivity contribution is 0.0916. The minimum atomic E-state index is -0.250. The lowest BCUT2D eigenvalue weighted by Gasteiger charge is -2.13. The van der Waals surface area contributed by atoms with Crippen LogP contribution in [0.2, 0.25) is 0 Å². The molecule has 0 atom stereocenters. The van der Waals surface area contributed by atoms with Crippen LogP contribution >= 0.6 is 15.9 Å². The van der Waals surface area contributed by atoms with Crippen LogP contribution in [0, 0.1) is 0 Å². The molecule has 0 saturated carbocycles. The molecular formula is C11H7BrO3. The topological polar surface area (TPSA) is 43.4 Å². The van der Waals surface area contributed by atoms with E-state index in [1.165, 1.54) is 13.2 Å². The van der Waals surface area contributed by atoms with E-state index >= 15 is 0 Å². The van der Waals surface area contributed by atoms with Gasteiger partial charge in [0, 0.05) is 21.7 Å². The third kappa shape index (κ3) is 1.61. The molecular weight excluding hydrogens is 260 g/mol. The first-order valence-electron chi connectivity index (χ1n) is 4.27. The Bertz CT molecular complexity index is 489. The highest BCUT2D eigenvalue weighted by molar-refractivity contribution is 9.10. The van der Waals surface area contributed by atoms with Crippen LogP contribution in [-0.4, -0.2) is 18.7 Å². The number of ether oxygens (including phenoxy) is 1. The molecule has 0 bridgehead atoms. The predicted octanol–water partition coefficient (Wildman–Crippen LogP) is 2.36. The second-order valence-electron chi connectivity index (χ2n) is 3.10. The summed E-state index contributed by atoms with van der Waals surface area (Å²) in [5.41, 5.74) is 0.803. The second-order valence-corrected chi connectivity index (χ2v) is 4.01. The fourth-order valence-corrected chi connectivity index (χ4v) is 1.83. The van der Waals surface area contributed by atoms with Gasteiger partial charge in [0.25, 0.3) is 0 Å². The molecule has 1 aliphatic carbocycles. The number of Topliss-reactive ketones (excluding diaryl/α,β-unsaturated/α-hetero) is 1. The SMILES string of the molecule is COC1=CC(=O)c2cc(Br)ccc2C1=O. The predicted molar refractivity (Wildman–Crippen MR) is 57.9 cm³/mol. The summed E-state index contributed by atoms with van der Waals surface area (Å²) >= 11 is 3.25. The number of benzene rings is 1. The molecule has 1 aliphatic rings. The molecule has 15 heavy (non-hydrogen) atoms. The van der Waals surface area contributed by atoms with E-state index in [1.54, 1.807) is 18.2 Å². The largest absolute Gasteiger partial charge is 0.492 e. The lowest BCUT2D eigenvalue weighted by atomic mass is 9.94. The minimum absolute atomic E-state index is 0.0924. The summed E-state index contributed by atoms with van der Waals surface area (Å²) in [6.07, 6.45) is 1.22. The van der Waals surface area contributed by atoms with Gasteiger partial charge in [-0.05, 0) is 18.2 Å². The van der Waals surface area contributed by atoms with Crippen LogP contribution in [0.1, 0.15) is 20.7 Å². The zero-order chi connectivity index (χ0) is 11.0. The molecule has 1 aromatic rings. The monoisotopic (exact) mass is 266 g/mol. The maximum absolute atomic E-state index is 11.7. The van der Waals surface area contributed by atoms with Crippen LogP contribution in [0.25, 0.3) is 0 Å². The maximum atomic E-state index is 11.7. The van der Waals surface area contributed by atoms with Gasteiger partial charge in [0.2, 0.25) is 5.78 Å². The van der Waals surface area contributed by atoms with Gasteiger partial charge >= 0.3 is 0 Å². The summed E-state index contributed by atoms with van der Waals surface area (Å²) < 4.78 is 5.61. The second kappa shape index (κ2) is 3.62. The maximum Gasteiger partial charge on any atom is 0.228 e. The molecule has 2 rings (SSSR count). The van der Waals surface area contributed by atoms with Crippen LogP contribution in [0.15, 0.2) is 34.5 Å². The van der Waals surface area contributed by atoms with E-state index in [0.717, 1.165) is 4.47 Å². The molecule has 0 fully saturated rings. The van der Waals surface area contributed by atoms with Crippen LogP contribution < -0.4 is 0 Å². The first-order chi connectivity index (χ1) is 7.13. The first-order valence-corrected chi connectivity index (χ1v) is 5.07. The number of allylic oxidation sites excluding steroid dienone is 2. The molecule has 3 nitrogen and oxygen atoms in total. The van der Waals surface area contributed by atoms with E-state index in [4.69, 9.17) is 4.74 Å². The highest BCUT2D eigenvalue weighted by Crippen LogP contribution is 2.24. The number of hydrogen-bond acceptors (Lipinski definition) is 3. The van der Waals surface area contributed by atoms with Crippen LogP contribution in [0.3, 0.4) is 0 Å². The Morgan fingerprint density at radius 2 is 1.93 bits per heavy atom. The molecule has 0 unspecified atom stereocenters. The van der Waals surface area contributed by atoms with E-state index in [-0.39, 0.29) is 17.3 Å². The Balaban J connectivity index is 2.62. The van der Waals surface area contributed by atoms with Crippen molar-refractivity contribution < 1.29 is 14.3 Å². The number of carbonyl (C=O) groups excluding carboxylic acids is 2. The van der Waals surface area contributed by atoms with Crippen molar-refractivity contribution in [2.45, 2.75) is 0 Å². The van der Waals surface area contributed by atoms with E-state index in [0.29, 0.717) is 11.1 Å². The normalized spacial score (nSPS) is 14.7. The summed E-state index contributed by atoms with van der Waals surface area (Å²) in [5.74, 6) is -0.364. The van der Waals surface area contributed by atoms with Crippen LogP contribution in [-0.2, 0) is 4.74 Å². The molecule has 76 valence electrons. The van der Waals surface area contributed by atoms with Crippen molar-refractivity contribution in [3.63, 3.8) is 0 Å². The van der Waals surface area contributed by atoms with Gasteiger partial charge in [0.05, 0.1) is 7.11 Å². The summed E-state index contributed by atoms with van der Waals surface area (Å²) in [7, 11) is 1.38. The molecule has 1 aromatic carbocycles. The van der Waals surface area contributed by atoms with Gasteiger partial charge in [-0.25, -0.2) is 0 Å². The van der Waals surface area contributed by atoms with Crippen molar-refractivity contribution in [2.24, 2.45) is 0 Å². The standard InChI is InChI=1S/C11H7BrO3/c1-15-10-5-9(13)8-4-6(12)2-3-7(8)11(10)14/h2-5H,1H3. The molecule has 0 radical (unpaired) electrons. The van der Waals surface area contributed by atoms with Gasteiger partial charge in [-0.1, -0.05) is 15.9 Å². The van der Waals surface area contributed by atoms with Crippen molar-refractivity contribution in [1.29, 1.82) is 0 Å². The van der Waals surface area contributed by atoms with Crippen molar-refractivity contribution >= 4 is 27.5 Å². The molecule has 0 aliphatic heterocycles. The molecule has 0 aromatic heterocycles. The third-order valence-corrected chi connectivity index (χ3v) is 2.69. The Labute approximate surface area is 94.9 Å². The highest BCUT2D eigenvalue weighted by atomic mass is 79.9. The molecule has 4 heteroatoms. The average Bonchev–Trinajstić information content (AvgIpc) is 2.23. The van der Waals surface area contributed by atoms with Crippen LogP contribution in [0.4, 0.5) is 0 Å². The van der Waals surface area contributed by atoms with E-state index in [9.17, 15) is 9.59 Å². The summed E-state index contributed by atoms with van der Waals surface area (Å²) in [4.78, 5) is 23.4. The van der Waals surface area contributed by atoms with Crippen molar-refractivity contribution in [3.05, 3.63) is 45.6 Å². The smallest absolute Gasteiger partial charge is 0.228 e. The Hall–Kier alpha value is -1.42. The average molecular weight is 267 g/mol. The molecule has 0 saturated heterocycles. The summed E-state index contributed by atoms with van der Waals surface area (Å²) in [5, 5.41) is 0. The minimum Gasteiger partial charge on any atom is -0.492 e. The Morgan fingerprint density at radius 3 is 2.60 bits per heavy atom. The number of fused-ring (bicyclic) bond motifs is 1. The summed E-state index contributed by atoms with van der Waals surface area (Å²) in [6, 6.07) is 4.98. The Morgan fingerprint density at radius 1 is 1.20 bits per heavy atom. The van der Waals surface area contributed by atoms with Gasteiger partial charge in [-0.15, -0.1) is 0 Å². The van der Waals surface area contributed by atoms with E-state index < -0.39 is 0 Å². The summed E-state index contributed by atoms with van der Waals surface area (Å²) in [6.45, 7) is 0. The van der Waals surface area contributed by atoms with Crippen molar-refractivity contribution in [3.8, 4) is 0 Å². The first kappa shape index (κ1) is 10.1. The van der Waals surface area contributed by atoms with Gasteiger partial charge < -0.3 is 4.74 Å². The highest BCUT2D eigenvalue weighted by Gasteiger charge is 2.26. The van der Waals surface area contributed by atoms with Crippen molar-refractivity contribution in [2.75, 3.05) is 7.11 Å². The number of rotatable bonds is 1. The van der Waals surface area contributed by atoms with Gasteiger partial charge in [0.1, 0.15) is 0 Å². The fraction of sp³-hybridized carbons (Fsp3) is 0.0909. The molecule has 0 spiro atoms. The molecule has 0 heterocycles. The van der Waals surface area contributed by atoms with Gasteiger partial charge in [-0.2, -0.15) is 0 Å². The zero-order valence-corrected chi connectivity index (χ0v) is 9.50. The number of hydrogen-bond donors (Lipinski definition) is 0. The number of halogens is 1. The van der Waals surface area contributed by atoms with E-state index in [1.807, 2.05) is 0 Å². The van der Waals surface area contributed by atoms with Crippen molar-refractivity contribution in [1.82, 2.24) is 0 Å². The quantitative estimate of drug-likeness (QED) is 0.784. The lowest BCUT2D eigenvalue weighted by Crippen LogP contribution is -2.17. The molecule has 0 N–H and O–H groups in total. The molecule has 0 amide bonds.